The molecule has 0 aliphatic carbocycles. The summed E-state index contributed by atoms with van der Waals surface area (Å²) in [5, 5.41) is 4.01. The first-order valence-electron chi connectivity index (χ1n) is 6.29. The molecule has 0 bridgehead atoms. The van der Waals surface area contributed by atoms with Crippen LogP contribution < -0.4 is 5.32 Å². The molecule has 3 nitrogen and oxygen atoms in total. The molecule has 3 rings (SSSR count). The van der Waals surface area contributed by atoms with E-state index < -0.39 is 0 Å². The van der Waals surface area contributed by atoms with Gasteiger partial charge in [-0.2, -0.15) is 0 Å². The van der Waals surface area contributed by atoms with Crippen molar-refractivity contribution in [2.75, 3.05) is 5.32 Å². The van der Waals surface area contributed by atoms with Gasteiger partial charge in [0.2, 0.25) is 0 Å². The molecule has 1 amide bonds. The molecule has 0 atom stereocenters. The van der Waals surface area contributed by atoms with Crippen molar-refractivity contribution in [3.63, 3.8) is 0 Å². The number of nitrogens with one attached hydrogen (secondary N) is 2. The number of halogens is 1. The van der Waals surface area contributed by atoms with Gasteiger partial charge in [0.25, 0.3) is 5.91 Å². The van der Waals surface area contributed by atoms with Crippen molar-refractivity contribution in [3.05, 3.63) is 64.3 Å². The summed E-state index contributed by atoms with van der Waals surface area (Å²) in [6.45, 7) is 1.92. The second-order valence-corrected chi connectivity index (χ2v) is 5.50. The van der Waals surface area contributed by atoms with Crippen LogP contribution in [0.15, 0.2) is 53.1 Å². The third-order valence-corrected chi connectivity index (χ3v) is 4.18. The first kappa shape index (κ1) is 12.9. The van der Waals surface area contributed by atoms with E-state index in [1.54, 1.807) is 0 Å². The summed E-state index contributed by atoms with van der Waals surface area (Å²) in [4.78, 5) is 15.5. The van der Waals surface area contributed by atoms with Crippen LogP contribution in [0.4, 0.5) is 5.69 Å². The van der Waals surface area contributed by atoms with Gasteiger partial charge in [0.15, 0.2) is 0 Å². The molecule has 2 aromatic carbocycles. The fourth-order valence-electron chi connectivity index (χ4n) is 2.18. The summed E-state index contributed by atoms with van der Waals surface area (Å²) in [7, 11) is 0. The van der Waals surface area contributed by atoms with E-state index in [1.165, 1.54) is 0 Å². The van der Waals surface area contributed by atoms with E-state index in [0.29, 0.717) is 5.56 Å². The van der Waals surface area contributed by atoms with Gasteiger partial charge in [-0.3, -0.25) is 4.79 Å². The van der Waals surface area contributed by atoms with E-state index in [0.717, 1.165) is 26.6 Å². The standard InChI is InChI=1S/C16H13BrN2O/c1-10-13(3-2-4-14(10)17)16(20)19-12-5-6-15-11(9-12)7-8-18-15/h2-9,18H,1H3,(H,19,20). The minimum Gasteiger partial charge on any atom is -0.361 e. The first-order valence-corrected chi connectivity index (χ1v) is 7.08. The van der Waals surface area contributed by atoms with Crippen LogP contribution in [-0.4, -0.2) is 10.9 Å². The van der Waals surface area contributed by atoms with Crippen LogP contribution in [-0.2, 0) is 0 Å². The molecule has 20 heavy (non-hydrogen) atoms. The highest BCUT2D eigenvalue weighted by atomic mass is 79.9. The summed E-state index contributed by atoms with van der Waals surface area (Å²) in [6.07, 6.45) is 1.88. The van der Waals surface area contributed by atoms with E-state index in [9.17, 15) is 4.79 Å². The average Bonchev–Trinajstić information content (AvgIpc) is 2.89. The van der Waals surface area contributed by atoms with E-state index in [4.69, 9.17) is 0 Å². The highest BCUT2D eigenvalue weighted by molar-refractivity contribution is 9.10. The number of fused-ring (bicyclic) bond motifs is 1. The lowest BCUT2D eigenvalue weighted by Crippen LogP contribution is -2.13. The Morgan fingerprint density at radius 2 is 2.05 bits per heavy atom. The fourth-order valence-corrected chi connectivity index (χ4v) is 2.55. The van der Waals surface area contributed by atoms with Crippen LogP contribution in [0.5, 0.6) is 0 Å². The minimum atomic E-state index is -0.0984. The van der Waals surface area contributed by atoms with Gasteiger partial charge in [-0.15, -0.1) is 0 Å². The SMILES string of the molecule is Cc1c(Br)cccc1C(=O)Nc1ccc2[nH]ccc2c1. The normalized spacial score (nSPS) is 10.7. The predicted molar refractivity (Wildman–Crippen MR) is 85.1 cm³/mol. The molecule has 3 aromatic rings. The van der Waals surface area contributed by atoms with Crippen LogP contribution in [0, 0.1) is 6.92 Å². The zero-order valence-electron chi connectivity index (χ0n) is 10.9. The van der Waals surface area contributed by atoms with Gasteiger partial charge in [0, 0.05) is 32.8 Å². The van der Waals surface area contributed by atoms with Crippen molar-refractivity contribution < 1.29 is 4.79 Å². The van der Waals surface area contributed by atoms with Crippen molar-refractivity contribution in [3.8, 4) is 0 Å². The molecule has 2 N–H and O–H groups in total. The number of rotatable bonds is 2. The number of aromatic amines is 1. The number of carbonyl (C=O) groups excluding carboxylic acids is 1. The van der Waals surface area contributed by atoms with Crippen molar-refractivity contribution in [2.45, 2.75) is 6.92 Å². The fraction of sp³-hybridized carbons (Fsp3) is 0.0625. The monoisotopic (exact) mass is 328 g/mol. The van der Waals surface area contributed by atoms with Crippen LogP contribution in [0.2, 0.25) is 0 Å². The Hall–Kier alpha value is -2.07. The quantitative estimate of drug-likeness (QED) is 0.715. The minimum absolute atomic E-state index is 0.0984. The van der Waals surface area contributed by atoms with Crippen molar-refractivity contribution >= 4 is 38.4 Å². The third kappa shape index (κ3) is 2.34. The summed E-state index contributed by atoms with van der Waals surface area (Å²) in [6, 6.07) is 13.4. The molecule has 0 radical (unpaired) electrons. The Morgan fingerprint density at radius 1 is 1.20 bits per heavy atom. The Kier molecular flexibility index (Phi) is 3.32. The van der Waals surface area contributed by atoms with Gasteiger partial charge in [-0.05, 0) is 48.9 Å². The van der Waals surface area contributed by atoms with Gasteiger partial charge >= 0.3 is 0 Å². The Balaban J connectivity index is 1.90. The second-order valence-electron chi connectivity index (χ2n) is 4.65. The molecular weight excluding hydrogens is 316 g/mol. The number of aromatic nitrogens is 1. The van der Waals surface area contributed by atoms with Gasteiger partial charge in [-0.25, -0.2) is 0 Å². The lowest BCUT2D eigenvalue weighted by Gasteiger charge is -2.09. The Labute approximate surface area is 125 Å². The zero-order chi connectivity index (χ0) is 14.1. The Morgan fingerprint density at radius 3 is 2.90 bits per heavy atom. The zero-order valence-corrected chi connectivity index (χ0v) is 12.5. The number of hydrogen-bond acceptors (Lipinski definition) is 1. The number of benzene rings is 2. The smallest absolute Gasteiger partial charge is 0.255 e. The summed E-state index contributed by atoms with van der Waals surface area (Å²) in [5.41, 5.74) is 3.46. The van der Waals surface area contributed by atoms with Gasteiger partial charge in [0.1, 0.15) is 0 Å². The molecular formula is C16H13BrN2O. The van der Waals surface area contributed by atoms with E-state index in [-0.39, 0.29) is 5.91 Å². The lowest BCUT2D eigenvalue weighted by atomic mass is 10.1. The molecule has 0 aliphatic rings. The summed E-state index contributed by atoms with van der Waals surface area (Å²) in [5.74, 6) is -0.0984. The number of anilines is 1. The highest BCUT2D eigenvalue weighted by Gasteiger charge is 2.11. The maximum Gasteiger partial charge on any atom is 0.255 e. The third-order valence-electron chi connectivity index (χ3n) is 3.32. The molecule has 1 heterocycles. The molecule has 0 fully saturated rings. The van der Waals surface area contributed by atoms with E-state index in [1.807, 2.05) is 55.6 Å². The summed E-state index contributed by atoms with van der Waals surface area (Å²) >= 11 is 3.44. The number of hydrogen-bond donors (Lipinski definition) is 2. The van der Waals surface area contributed by atoms with Gasteiger partial charge in [0.05, 0.1) is 0 Å². The van der Waals surface area contributed by atoms with Crippen LogP contribution >= 0.6 is 15.9 Å². The number of carbonyl (C=O) groups is 1. The average molecular weight is 329 g/mol. The van der Waals surface area contributed by atoms with Crippen molar-refractivity contribution in [1.29, 1.82) is 0 Å². The maximum absolute atomic E-state index is 12.3. The molecule has 0 aliphatic heterocycles. The molecule has 0 unspecified atom stereocenters. The van der Waals surface area contributed by atoms with Crippen LogP contribution in [0.3, 0.4) is 0 Å². The molecule has 100 valence electrons. The molecule has 0 saturated carbocycles. The van der Waals surface area contributed by atoms with Crippen LogP contribution in [0.1, 0.15) is 15.9 Å². The number of H-pyrrole nitrogens is 1. The van der Waals surface area contributed by atoms with E-state index in [2.05, 4.69) is 26.2 Å². The van der Waals surface area contributed by atoms with Crippen molar-refractivity contribution in [1.82, 2.24) is 4.98 Å². The lowest BCUT2D eigenvalue weighted by molar-refractivity contribution is 0.102. The highest BCUT2D eigenvalue weighted by Crippen LogP contribution is 2.22. The molecule has 0 saturated heterocycles. The van der Waals surface area contributed by atoms with Gasteiger partial charge in [-0.1, -0.05) is 22.0 Å². The summed E-state index contributed by atoms with van der Waals surface area (Å²) < 4.78 is 0.936. The predicted octanol–water partition coefficient (Wildman–Crippen LogP) is 4.49. The van der Waals surface area contributed by atoms with Crippen molar-refractivity contribution in [2.24, 2.45) is 0 Å². The first-order chi connectivity index (χ1) is 9.65. The number of amides is 1. The maximum atomic E-state index is 12.3. The Bertz CT molecular complexity index is 792. The van der Waals surface area contributed by atoms with Gasteiger partial charge < -0.3 is 10.3 Å². The molecule has 0 spiro atoms. The second kappa shape index (κ2) is 5.13. The molecule has 4 heteroatoms. The topological polar surface area (TPSA) is 44.9 Å². The largest absolute Gasteiger partial charge is 0.361 e. The van der Waals surface area contributed by atoms with E-state index >= 15 is 0 Å². The van der Waals surface area contributed by atoms with Crippen LogP contribution in [0.25, 0.3) is 10.9 Å². The molecule has 1 aromatic heterocycles.